The van der Waals surface area contributed by atoms with E-state index < -0.39 is 0 Å². The molecule has 1 aromatic heterocycles. The van der Waals surface area contributed by atoms with Gasteiger partial charge in [0.25, 0.3) is 0 Å². The number of aliphatic hydroxyl groups is 1. The lowest BCUT2D eigenvalue weighted by atomic mass is 9.86. The first-order valence-corrected chi connectivity index (χ1v) is 5.91. The van der Waals surface area contributed by atoms with Crippen LogP contribution in [0, 0.1) is 5.41 Å². The van der Waals surface area contributed by atoms with Crippen LogP contribution in [0.25, 0.3) is 11.0 Å². The van der Waals surface area contributed by atoms with E-state index in [0.717, 1.165) is 29.7 Å². The highest BCUT2D eigenvalue weighted by atomic mass is 16.3. The standard InChI is InChI=1S/C13H19N3O/c1-13(8-14,9-17)7-6-12-15-10-4-2-3-5-11(10)16-12/h2-5,17H,6-9,14H2,1H3,(H,15,16). The minimum absolute atomic E-state index is 0.115. The number of aromatic nitrogens is 2. The molecule has 4 nitrogen and oxygen atoms in total. The van der Waals surface area contributed by atoms with E-state index in [4.69, 9.17) is 5.73 Å². The normalized spacial score (nSPS) is 15.0. The maximum absolute atomic E-state index is 9.29. The van der Waals surface area contributed by atoms with Crippen molar-refractivity contribution < 1.29 is 5.11 Å². The molecule has 0 spiro atoms. The average molecular weight is 233 g/mol. The molecular formula is C13H19N3O. The van der Waals surface area contributed by atoms with Crippen molar-refractivity contribution in [1.82, 2.24) is 9.97 Å². The summed E-state index contributed by atoms with van der Waals surface area (Å²) in [5, 5.41) is 9.29. The molecule has 0 fully saturated rings. The highest BCUT2D eigenvalue weighted by Crippen LogP contribution is 2.21. The van der Waals surface area contributed by atoms with Crippen molar-refractivity contribution in [2.24, 2.45) is 11.1 Å². The van der Waals surface area contributed by atoms with Crippen LogP contribution in [-0.2, 0) is 6.42 Å². The first kappa shape index (κ1) is 12.1. The zero-order valence-corrected chi connectivity index (χ0v) is 10.1. The molecule has 4 N–H and O–H groups in total. The third-order valence-electron chi connectivity index (χ3n) is 3.28. The second-order valence-electron chi connectivity index (χ2n) is 4.87. The maximum Gasteiger partial charge on any atom is 0.107 e. The number of nitrogens with two attached hydrogens (primary N) is 1. The van der Waals surface area contributed by atoms with Gasteiger partial charge in [-0.3, -0.25) is 0 Å². The summed E-state index contributed by atoms with van der Waals surface area (Å²) in [6.07, 6.45) is 1.64. The maximum atomic E-state index is 9.29. The van der Waals surface area contributed by atoms with Gasteiger partial charge < -0.3 is 15.8 Å². The van der Waals surface area contributed by atoms with E-state index in [0.29, 0.717) is 6.54 Å². The van der Waals surface area contributed by atoms with Crippen LogP contribution in [0.3, 0.4) is 0 Å². The molecule has 2 aromatic rings. The molecule has 92 valence electrons. The Kier molecular flexibility index (Phi) is 3.45. The molecule has 1 atom stereocenters. The topological polar surface area (TPSA) is 74.9 Å². The quantitative estimate of drug-likeness (QED) is 0.731. The molecule has 0 aliphatic rings. The molecule has 0 radical (unpaired) electrons. The summed E-state index contributed by atoms with van der Waals surface area (Å²) in [5.41, 5.74) is 7.50. The van der Waals surface area contributed by atoms with Crippen LogP contribution in [0.2, 0.25) is 0 Å². The molecular weight excluding hydrogens is 214 g/mol. The molecule has 1 aromatic carbocycles. The van der Waals surface area contributed by atoms with Gasteiger partial charge >= 0.3 is 0 Å². The molecule has 1 unspecified atom stereocenters. The third kappa shape index (κ3) is 2.65. The average Bonchev–Trinajstić information content (AvgIpc) is 2.79. The zero-order valence-electron chi connectivity index (χ0n) is 10.1. The van der Waals surface area contributed by atoms with Crippen LogP contribution in [-0.4, -0.2) is 28.2 Å². The number of nitrogens with zero attached hydrogens (tertiary/aromatic N) is 1. The minimum atomic E-state index is -0.209. The SMILES string of the molecule is CC(CN)(CO)CCc1nc2ccccc2[nH]1. The Morgan fingerprint density at radius 2 is 2.18 bits per heavy atom. The van der Waals surface area contributed by atoms with Crippen LogP contribution < -0.4 is 5.73 Å². The number of nitrogens with one attached hydrogen (secondary N) is 1. The van der Waals surface area contributed by atoms with E-state index in [-0.39, 0.29) is 12.0 Å². The van der Waals surface area contributed by atoms with Crippen molar-refractivity contribution in [3.05, 3.63) is 30.1 Å². The van der Waals surface area contributed by atoms with Crippen molar-refractivity contribution >= 4 is 11.0 Å². The molecule has 0 bridgehead atoms. The summed E-state index contributed by atoms with van der Waals surface area (Å²) in [6.45, 7) is 2.60. The number of hydrogen-bond donors (Lipinski definition) is 3. The number of para-hydroxylation sites is 2. The van der Waals surface area contributed by atoms with Crippen molar-refractivity contribution in [3.63, 3.8) is 0 Å². The largest absolute Gasteiger partial charge is 0.396 e. The van der Waals surface area contributed by atoms with Gasteiger partial charge in [-0.15, -0.1) is 0 Å². The van der Waals surface area contributed by atoms with Gasteiger partial charge in [0.2, 0.25) is 0 Å². The van der Waals surface area contributed by atoms with Gasteiger partial charge in [-0.1, -0.05) is 19.1 Å². The van der Waals surface area contributed by atoms with Crippen molar-refractivity contribution in [1.29, 1.82) is 0 Å². The smallest absolute Gasteiger partial charge is 0.107 e. The third-order valence-corrected chi connectivity index (χ3v) is 3.28. The molecule has 1 heterocycles. The molecule has 0 amide bonds. The fraction of sp³-hybridized carbons (Fsp3) is 0.462. The van der Waals surface area contributed by atoms with Crippen LogP contribution in [0.5, 0.6) is 0 Å². The first-order valence-electron chi connectivity index (χ1n) is 5.91. The van der Waals surface area contributed by atoms with Crippen molar-refractivity contribution in [2.45, 2.75) is 19.8 Å². The van der Waals surface area contributed by atoms with Gasteiger partial charge in [0.05, 0.1) is 11.0 Å². The Balaban J connectivity index is 2.09. The predicted octanol–water partition coefficient (Wildman–Crippen LogP) is 1.45. The lowest BCUT2D eigenvalue weighted by Crippen LogP contribution is -2.31. The van der Waals surface area contributed by atoms with Gasteiger partial charge in [0, 0.05) is 18.4 Å². The Bertz CT molecular complexity index is 455. The van der Waals surface area contributed by atoms with E-state index in [1.54, 1.807) is 0 Å². The predicted molar refractivity (Wildman–Crippen MR) is 68.7 cm³/mol. The van der Waals surface area contributed by atoms with Gasteiger partial charge in [-0.2, -0.15) is 0 Å². The summed E-state index contributed by atoms with van der Waals surface area (Å²) in [5.74, 6) is 0.958. The summed E-state index contributed by atoms with van der Waals surface area (Å²) >= 11 is 0. The van der Waals surface area contributed by atoms with Gasteiger partial charge in [0.1, 0.15) is 5.82 Å². The van der Waals surface area contributed by atoms with E-state index in [9.17, 15) is 5.11 Å². The molecule has 0 aliphatic heterocycles. The van der Waals surface area contributed by atoms with Crippen molar-refractivity contribution in [3.8, 4) is 0 Å². The Labute approximate surface area is 101 Å². The Hall–Kier alpha value is -1.39. The zero-order chi connectivity index (χ0) is 12.3. The second kappa shape index (κ2) is 4.85. The molecule has 17 heavy (non-hydrogen) atoms. The number of aryl methyl sites for hydroxylation is 1. The highest BCUT2D eigenvalue weighted by molar-refractivity contribution is 5.74. The number of aliphatic hydroxyl groups excluding tert-OH is 1. The van der Waals surface area contributed by atoms with Crippen molar-refractivity contribution in [2.75, 3.05) is 13.2 Å². The summed E-state index contributed by atoms with van der Waals surface area (Å²) < 4.78 is 0. The molecule has 4 heteroatoms. The summed E-state index contributed by atoms with van der Waals surface area (Å²) in [4.78, 5) is 7.79. The van der Waals surface area contributed by atoms with Gasteiger partial charge in [0.15, 0.2) is 0 Å². The summed E-state index contributed by atoms with van der Waals surface area (Å²) in [6, 6.07) is 7.97. The van der Waals surface area contributed by atoms with Crippen LogP contribution in [0.1, 0.15) is 19.2 Å². The van der Waals surface area contributed by atoms with Crippen LogP contribution in [0.4, 0.5) is 0 Å². The molecule has 2 rings (SSSR count). The number of H-pyrrole nitrogens is 1. The van der Waals surface area contributed by atoms with E-state index in [2.05, 4.69) is 9.97 Å². The minimum Gasteiger partial charge on any atom is -0.396 e. The number of fused-ring (bicyclic) bond motifs is 1. The summed E-state index contributed by atoms with van der Waals surface area (Å²) in [7, 11) is 0. The fourth-order valence-electron chi connectivity index (χ4n) is 1.79. The van der Waals surface area contributed by atoms with Crippen LogP contribution in [0.15, 0.2) is 24.3 Å². The molecule has 0 saturated heterocycles. The van der Waals surface area contributed by atoms with Crippen LogP contribution >= 0.6 is 0 Å². The van der Waals surface area contributed by atoms with E-state index in [1.807, 2.05) is 31.2 Å². The fourth-order valence-corrected chi connectivity index (χ4v) is 1.79. The number of rotatable bonds is 5. The van der Waals surface area contributed by atoms with Gasteiger partial charge in [-0.05, 0) is 25.1 Å². The van der Waals surface area contributed by atoms with E-state index >= 15 is 0 Å². The lowest BCUT2D eigenvalue weighted by molar-refractivity contribution is 0.140. The number of aromatic amines is 1. The number of hydrogen-bond acceptors (Lipinski definition) is 3. The second-order valence-corrected chi connectivity index (χ2v) is 4.87. The van der Waals surface area contributed by atoms with E-state index in [1.165, 1.54) is 0 Å². The first-order chi connectivity index (χ1) is 8.17. The lowest BCUT2D eigenvalue weighted by Gasteiger charge is -2.24. The van der Waals surface area contributed by atoms with Gasteiger partial charge in [-0.25, -0.2) is 4.98 Å². The Morgan fingerprint density at radius 1 is 1.41 bits per heavy atom. The molecule has 0 saturated carbocycles. The molecule has 0 aliphatic carbocycles. The monoisotopic (exact) mass is 233 g/mol. The number of imidazole rings is 1. The Morgan fingerprint density at radius 3 is 2.82 bits per heavy atom. The highest BCUT2D eigenvalue weighted by Gasteiger charge is 2.21. The number of benzene rings is 1.